The Bertz CT molecular complexity index is 46.1. The molecular formula is CH2KO3P. The minimum atomic E-state index is -1.53. The summed E-state index contributed by atoms with van der Waals surface area (Å²) in [5.41, 5.74) is 0. The third-order valence-corrected chi connectivity index (χ3v) is 0.289. The van der Waals surface area contributed by atoms with Crippen LogP contribution in [0.3, 0.4) is 0 Å². The number of hydrogen-bond donors (Lipinski definition) is 0. The average molecular weight is 132 g/mol. The van der Waals surface area contributed by atoms with Crippen LogP contribution in [0.5, 0.6) is 0 Å². The van der Waals surface area contributed by atoms with Crippen molar-refractivity contribution in [2.75, 3.05) is 0 Å². The van der Waals surface area contributed by atoms with E-state index in [0.29, 0.717) is 0 Å². The second kappa shape index (κ2) is 6.34. The molecule has 0 spiro atoms. The van der Waals surface area contributed by atoms with Gasteiger partial charge < -0.3 is 14.4 Å². The summed E-state index contributed by atoms with van der Waals surface area (Å²) in [4.78, 5) is 9.01. The standard InChI is InChI=1S/CH3O3P.K/c2-1(3)4-5;/h5H2,(H,2,3);/q;+1/p-1. The molecule has 0 fully saturated rings. The van der Waals surface area contributed by atoms with Crippen LogP contribution in [-0.2, 0) is 4.52 Å². The molecule has 3 nitrogen and oxygen atoms in total. The monoisotopic (exact) mass is 132 g/mol. The van der Waals surface area contributed by atoms with Crippen molar-refractivity contribution in [1.29, 1.82) is 0 Å². The minimum Gasteiger partial charge on any atom is -0.532 e. The molecule has 0 amide bonds. The van der Waals surface area contributed by atoms with Gasteiger partial charge in [-0.15, -0.1) is 0 Å². The maximum absolute atomic E-state index is 9.01. The first-order valence-corrected chi connectivity index (χ1v) is 1.32. The van der Waals surface area contributed by atoms with Crippen LogP contribution in [0.25, 0.3) is 0 Å². The summed E-state index contributed by atoms with van der Waals surface area (Å²) in [5, 5.41) is 9.01. The van der Waals surface area contributed by atoms with E-state index in [9.17, 15) is 0 Å². The topological polar surface area (TPSA) is 49.4 Å². The average Bonchev–Trinajstić information content (AvgIpc) is 1.38. The molecule has 0 bridgehead atoms. The summed E-state index contributed by atoms with van der Waals surface area (Å²) in [5.74, 6) is 0. The molecule has 0 radical (unpaired) electrons. The molecule has 1 unspecified atom stereocenters. The van der Waals surface area contributed by atoms with Gasteiger partial charge in [0.05, 0.1) is 0 Å². The molecule has 5 heteroatoms. The van der Waals surface area contributed by atoms with Crippen LogP contribution in [0.2, 0.25) is 0 Å². The zero-order valence-electron chi connectivity index (χ0n) is 3.30. The van der Waals surface area contributed by atoms with Gasteiger partial charge in [0.25, 0.3) is 6.16 Å². The Hall–Kier alpha value is 1.34. The molecule has 0 rings (SSSR count). The fourth-order valence-electron chi connectivity index (χ4n) is 0. The molecule has 30 valence electrons. The fourth-order valence-corrected chi connectivity index (χ4v) is 0. The summed E-state index contributed by atoms with van der Waals surface area (Å²) < 4.78 is 3.47. The number of carboxylic acid groups (broad SMARTS) is 1. The van der Waals surface area contributed by atoms with Crippen molar-refractivity contribution in [1.82, 2.24) is 0 Å². The van der Waals surface area contributed by atoms with Crippen molar-refractivity contribution in [3.63, 3.8) is 0 Å². The third-order valence-electron chi connectivity index (χ3n) is 0.0962. The van der Waals surface area contributed by atoms with Crippen molar-refractivity contribution in [2.24, 2.45) is 0 Å². The van der Waals surface area contributed by atoms with Gasteiger partial charge >= 0.3 is 51.4 Å². The van der Waals surface area contributed by atoms with E-state index in [-0.39, 0.29) is 51.4 Å². The quantitative estimate of drug-likeness (QED) is 0.250. The Morgan fingerprint density at radius 1 is 1.83 bits per heavy atom. The Morgan fingerprint density at radius 3 is 2.00 bits per heavy atom. The van der Waals surface area contributed by atoms with Crippen molar-refractivity contribution in [2.45, 2.75) is 0 Å². The number of rotatable bonds is 0. The zero-order chi connectivity index (χ0) is 4.28. The van der Waals surface area contributed by atoms with E-state index in [2.05, 4.69) is 4.52 Å². The van der Waals surface area contributed by atoms with Gasteiger partial charge in [-0.2, -0.15) is 0 Å². The fraction of sp³-hybridized carbons (Fsp3) is 0. The molecule has 0 aliphatic carbocycles. The molecule has 0 saturated carbocycles. The number of carbonyl (C=O) groups excluding carboxylic acids is 1. The van der Waals surface area contributed by atoms with E-state index in [0.717, 1.165) is 0 Å². The molecule has 6 heavy (non-hydrogen) atoms. The third kappa shape index (κ3) is 9.01. The van der Waals surface area contributed by atoms with Gasteiger partial charge in [-0.05, 0) is 9.47 Å². The predicted octanol–water partition coefficient (Wildman–Crippen LogP) is -3.86. The summed E-state index contributed by atoms with van der Waals surface area (Å²) >= 11 is 0. The zero-order valence-corrected chi connectivity index (χ0v) is 7.58. The first-order valence-electron chi connectivity index (χ1n) is 0.848. The van der Waals surface area contributed by atoms with Gasteiger partial charge in [0.1, 0.15) is 0 Å². The predicted molar refractivity (Wildman–Crippen MR) is 16.2 cm³/mol. The van der Waals surface area contributed by atoms with Crippen molar-refractivity contribution >= 4 is 15.6 Å². The summed E-state index contributed by atoms with van der Waals surface area (Å²) in [6.07, 6.45) is -1.53. The molecule has 0 aliphatic rings. The van der Waals surface area contributed by atoms with E-state index >= 15 is 0 Å². The molecule has 0 aromatic rings. The molecular weight excluding hydrogens is 130 g/mol. The molecule has 0 saturated heterocycles. The first kappa shape index (κ1) is 10.3. The molecule has 0 heterocycles. The summed E-state index contributed by atoms with van der Waals surface area (Å²) in [7, 11) is 1.53. The molecule has 0 N–H and O–H groups in total. The first-order chi connectivity index (χ1) is 2.27. The summed E-state index contributed by atoms with van der Waals surface area (Å²) in [6, 6.07) is 0. The molecule has 0 aliphatic heterocycles. The Kier molecular flexibility index (Phi) is 10.9. The van der Waals surface area contributed by atoms with Crippen molar-refractivity contribution in [3.05, 3.63) is 0 Å². The molecule has 1 atom stereocenters. The van der Waals surface area contributed by atoms with Crippen molar-refractivity contribution < 1.29 is 65.8 Å². The van der Waals surface area contributed by atoms with Crippen LogP contribution >= 0.6 is 9.47 Å². The Balaban J connectivity index is 0. The second-order valence-electron chi connectivity index (χ2n) is 0.368. The second-order valence-corrected chi connectivity index (χ2v) is 0.604. The van der Waals surface area contributed by atoms with E-state index in [1.54, 1.807) is 0 Å². The van der Waals surface area contributed by atoms with Crippen LogP contribution in [-0.4, -0.2) is 6.16 Å². The largest absolute Gasteiger partial charge is 1.00 e. The van der Waals surface area contributed by atoms with Crippen LogP contribution < -0.4 is 56.5 Å². The maximum Gasteiger partial charge on any atom is 1.00 e. The minimum absolute atomic E-state index is 0. The van der Waals surface area contributed by atoms with Gasteiger partial charge in [0.2, 0.25) is 0 Å². The Morgan fingerprint density at radius 2 is 2.00 bits per heavy atom. The molecule has 0 aromatic carbocycles. The van der Waals surface area contributed by atoms with E-state index in [4.69, 9.17) is 9.90 Å². The van der Waals surface area contributed by atoms with Crippen LogP contribution in [0.15, 0.2) is 0 Å². The van der Waals surface area contributed by atoms with E-state index in [1.165, 1.54) is 9.47 Å². The van der Waals surface area contributed by atoms with Crippen LogP contribution in [0, 0.1) is 0 Å². The van der Waals surface area contributed by atoms with Gasteiger partial charge in [0, 0.05) is 0 Å². The van der Waals surface area contributed by atoms with E-state index < -0.39 is 6.16 Å². The number of hydrogen-bond acceptors (Lipinski definition) is 3. The van der Waals surface area contributed by atoms with Gasteiger partial charge in [-0.3, -0.25) is 0 Å². The van der Waals surface area contributed by atoms with Gasteiger partial charge in [0.15, 0.2) is 0 Å². The van der Waals surface area contributed by atoms with Gasteiger partial charge in [-0.1, -0.05) is 0 Å². The Labute approximate surface area is 80.1 Å². The SMILES string of the molecule is O=C([O-])OP.[K+]. The van der Waals surface area contributed by atoms with Crippen LogP contribution in [0.1, 0.15) is 0 Å². The van der Waals surface area contributed by atoms with E-state index in [1.807, 2.05) is 0 Å². The summed E-state index contributed by atoms with van der Waals surface area (Å²) in [6.45, 7) is 0. The smallest absolute Gasteiger partial charge is 0.532 e. The van der Waals surface area contributed by atoms with Gasteiger partial charge in [-0.25, -0.2) is 0 Å². The molecule has 0 aromatic heterocycles. The maximum atomic E-state index is 9.01. The number of carbonyl (C=O) groups is 1. The normalized spacial score (nSPS) is 5.50. The van der Waals surface area contributed by atoms with Crippen molar-refractivity contribution in [3.8, 4) is 0 Å². The van der Waals surface area contributed by atoms with Crippen LogP contribution in [0.4, 0.5) is 4.79 Å².